The number of hydrogen-bond acceptors (Lipinski definition) is 9. The van der Waals surface area contributed by atoms with Gasteiger partial charge in [-0.05, 0) is 56.3 Å². The Hall–Kier alpha value is -3.83. The fraction of sp³-hybridized carbons (Fsp3) is 0.433. The van der Waals surface area contributed by atoms with Crippen molar-refractivity contribution in [3.8, 4) is 23.1 Å². The Morgan fingerprint density at radius 1 is 1.20 bits per heavy atom. The molecule has 3 aliphatic rings. The third-order valence-corrected chi connectivity index (χ3v) is 8.81. The van der Waals surface area contributed by atoms with E-state index >= 15 is 4.39 Å². The number of anilines is 1. The number of phenols is 1. The normalized spacial score (nSPS) is 24.5. The van der Waals surface area contributed by atoms with Crippen LogP contribution in [0.4, 0.5) is 14.6 Å². The van der Waals surface area contributed by atoms with Crippen molar-refractivity contribution in [3.05, 3.63) is 52.1 Å². The van der Waals surface area contributed by atoms with Gasteiger partial charge in [-0.2, -0.15) is 9.97 Å². The van der Waals surface area contributed by atoms with Gasteiger partial charge in [0, 0.05) is 42.6 Å². The zero-order chi connectivity index (χ0) is 28.5. The molecular weight excluding hydrogens is 534 g/mol. The van der Waals surface area contributed by atoms with Gasteiger partial charge in [0.05, 0.1) is 17.2 Å². The molecule has 11 heteroatoms. The summed E-state index contributed by atoms with van der Waals surface area (Å²) in [6.07, 6.45) is 1.18. The van der Waals surface area contributed by atoms with Crippen LogP contribution in [-0.4, -0.2) is 75.7 Å². The first-order chi connectivity index (χ1) is 19.7. The highest BCUT2D eigenvalue weighted by molar-refractivity contribution is 6.00. The number of aryl methyl sites for hydroxylation is 1. The number of ether oxygens (including phenoxy) is 1. The number of fused-ring (bicyclic) bond motifs is 3. The number of nitrogens with zero attached hydrogens (tertiary/aromatic N) is 4. The van der Waals surface area contributed by atoms with Crippen LogP contribution in [0.2, 0.25) is 0 Å². The molecule has 4 aromatic rings. The first-order valence-corrected chi connectivity index (χ1v) is 13.9. The number of aliphatic hydroxyl groups excluding tert-OH is 1. The largest absolute Gasteiger partial charge is 0.508 e. The van der Waals surface area contributed by atoms with E-state index in [0.717, 1.165) is 19.4 Å². The lowest BCUT2D eigenvalue weighted by Crippen LogP contribution is -2.43. The maximum atomic E-state index is 15.1. The van der Waals surface area contributed by atoms with Crippen molar-refractivity contribution >= 4 is 27.5 Å². The van der Waals surface area contributed by atoms with Gasteiger partial charge in [-0.15, -0.1) is 0 Å². The van der Waals surface area contributed by atoms with Crippen LogP contribution in [0.25, 0.3) is 33.0 Å². The highest BCUT2D eigenvalue weighted by Crippen LogP contribution is 2.41. The Bertz CT molecular complexity index is 1750. The van der Waals surface area contributed by atoms with Crippen LogP contribution in [0, 0.1) is 12.7 Å². The second kappa shape index (κ2) is 9.63. The fourth-order valence-electron chi connectivity index (χ4n) is 6.89. The summed E-state index contributed by atoms with van der Waals surface area (Å²) in [6, 6.07) is 7.34. The maximum Gasteiger partial charge on any atom is 0.349 e. The molecule has 2 aromatic carbocycles. The van der Waals surface area contributed by atoms with Crippen LogP contribution >= 0.6 is 0 Å². The summed E-state index contributed by atoms with van der Waals surface area (Å²) < 4.78 is 41.4. The second-order valence-electron chi connectivity index (χ2n) is 11.5. The Labute approximate surface area is 234 Å². The van der Waals surface area contributed by atoms with Crippen LogP contribution in [0.15, 0.2) is 39.5 Å². The first kappa shape index (κ1) is 26.1. The maximum absolute atomic E-state index is 15.1. The van der Waals surface area contributed by atoms with Crippen molar-refractivity contribution in [1.82, 2.24) is 14.9 Å². The molecule has 9 nitrogen and oxygen atoms in total. The zero-order valence-corrected chi connectivity index (χ0v) is 22.6. The summed E-state index contributed by atoms with van der Waals surface area (Å²) in [5.41, 5.74) is -0.230. The molecule has 0 saturated carbocycles. The van der Waals surface area contributed by atoms with Gasteiger partial charge < -0.3 is 24.3 Å². The minimum absolute atomic E-state index is 0.0315. The van der Waals surface area contributed by atoms with Crippen molar-refractivity contribution in [2.45, 2.75) is 50.4 Å². The van der Waals surface area contributed by atoms with Crippen LogP contribution < -0.4 is 15.3 Å². The lowest BCUT2D eigenvalue weighted by Gasteiger charge is -2.31. The van der Waals surface area contributed by atoms with E-state index in [1.807, 2.05) is 0 Å². The average molecular weight is 565 g/mol. The topological polar surface area (TPSA) is 112 Å². The molecule has 3 fully saturated rings. The third kappa shape index (κ3) is 4.29. The van der Waals surface area contributed by atoms with E-state index in [2.05, 4.69) is 14.9 Å². The van der Waals surface area contributed by atoms with Crippen LogP contribution in [0.3, 0.4) is 0 Å². The minimum atomic E-state index is -0.912. The third-order valence-electron chi connectivity index (χ3n) is 8.81. The number of β-amino-alcohol motifs (C(OH)–C–C–N with tert-alkyl or cyclic N) is 1. The summed E-state index contributed by atoms with van der Waals surface area (Å²) in [6.45, 7) is 3.86. The monoisotopic (exact) mass is 564 g/mol. The molecule has 0 bridgehead atoms. The van der Waals surface area contributed by atoms with E-state index in [-0.39, 0.29) is 58.3 Å². The molecule has 1 unspecified atom stereocenters. The van der Waals surface area contributed by atoms with Crippen molar-refractivity contribution in [3.63, 3.8) is 0 Å². The summed E-state index contributed by atoms with van der Waals surface area (Å²) in [4.78, 5) is 26.7. The standard InChI is InChI=1S/C30H30F2N4O5/c1-16-25-24(28(39)41-26(16)21-11-20(38)10-17-4-2-5-22(32)23(17)21)27(35-9-6-19(37)14-35)34-29(33-25)40-15-30-7-3-8-36(30)13-18(31)12-30/h2,4-5,10-11,18-19,37-38H,3,6-9,12-15H2,1H3/t18-,19?,30+/m1/s1. The molecule has 0 aliphatic carbocycles. The highest BCUT2D eigenvalue weighted by atomic mass is 19.1. The van der Waals surface area contributed by atoms with Crippen molar-refractivity contribution < 1.29 is 28.1 Å². The molecule has 41 heavy (non-hydrogen) atoms. The SMILES string of the molecule is Cc1c(-c2cc(O)cc3cccc(F)c23)oc(=O)c2c(N3CCC(O)C3)nc(OC[C@@]34CCCN3C[C@H](F)C4)nc12. The van der Waals surface area contributed by atoms with Crippen molar-refractivity contribution in [2.75, 3.05) is 37.7 Å². The molecule has 3 saturated heterocycles. The lowest BCUT2D eigenvalue weighted by molar-refractivity contribution is 0.107. The van der Waals surface area contributed by atoms with Crippen molar-refractivity contribution in [2.24, 2.45) is 0 Å². The number of aromatic nitrogens is 2. The molecular formula is C30H30F2N4O5. The summed E-state index contributed by atoms with van der Waals surface area (Å²) >= 11 is 0. The fourth-order valence-corrected chi connectivity index (χ4v) is 6.89. The molecule has 3 aliphatic heterocycles. The smallest absolute Gasteiger partial charge is 0.349 e. The Balaban J connectivity index is 1.39. The molecule has 3 atom stereocenters. The van der Waals surface area contributed by atoms with Crippen LogP contribution in [0.1, 0.15) is 31.2 Å². The van der Waals surface area contributed by atoms with Gasteiger partial charge >= 0.3 is 11.6 Å². The quantitative estimate of drug-likeness (QED) is 0.370. The second-order valence-corrected chi connectivity index (χ2v) is 11.5. The molecule has 0 amide bonds. The van der Waals surface area contributed by atoms with Gasteiger partial charge in [-0.3, -0.25) is 4.90 Å². The molecule has 0 radical (unpaired) electrons. The summed E-state index contributed by atoms with van der Waals surface area (Å²) in [5.74, 6) is -0.280. The predicted molar refractivity (Wildman–Crippen MR) is 149 cm³/mol. The van der Waals surface area contributed by atoms with Gasteiger partial charge in [0.2, 0.25) is 0 Å². The Morgan fingerprint density at radius 2 is 2.05 bits per heavy atom. The number of phenolic OH excluding ortho intramolecular Hbond substituents is 1. The molecule has 7 rings (SSSR count). The highest BCUT2D eigenvalue weighted by Gasteiger charge is 2.49. The van der Waals surface area contributed by atoms with Crippen LogP contribution in [-0.2, 0) is 0 Å². The predicted octanol–water partition coefficient (Wildman–Crippen LogP) is 4.08. The Kier molecular flexibility index (Phi) is 6.13. The number of hydrogen-bond donors (Lipinski definition) is 2. The van der Waals surface area contributed by atoms with Crippen LogP contribution in [0.5, 0.6) is 11.8 Å². The number of aromatic hydroxyl groups is 1. The number of alkyl halides is 1. The van der Waals surface area contributed by atoms with E-state index in [9.17, 15) is 19.4 Å². The molecule has 0 spiro atoms. The Morgan fingerprint density at radius 3 is 2.85 bits per heavy atom. The molecule has 214 valence electrons. The van der Waals surface area contributed by atoms with E-state index in [1.54, 1.807) is 24.0 Å². The first-order valence-electron chi connectivity index (χ1n) is 13.9. The number of aliphatic hydroxyl groups is 1. The van der Waals surface area contributed by atoms with E-state index in [4.69, 9.17) is 9.15 Å². The van der Waals surface area contributed by atoms with Gasteiger partial charge in [0.25, 0.3) is 0 Å². The summed E-state index contributed by atoms with van der Waals surface area (Å²) in [7, 11) is 0. The van der Waals surface area contributed by atoms with Gasteiger partial charge in [-0.25, -0.2) is 13.6 Å². The van der Waals surface area contributed by atoms with Gasteiger partial charge in [-0.1, -0.05) is 12.1 Å². The summed E-state index contributed by atoms with van der Waals surface area (Å²) in [5, 5.41) is 21.4. The molecule has 2 aromatic heterocycles. The lowest BCUT2D eigenvalue weighted by atomic mass is 9.95. The average Bonchev–Trinajstić information content (AvgIpc) is 3.62. The number of benzene rings is 2. The zero-order valence-electron chi connectivity index (χ0n) is 22.6. The number of halogens is 2. The van der Waals surface area contributed by atoms with E-state index < -0.39 is 29.3 Å². The molecule has 2 N–H and O–H groups in total. The molecule has 5 heterocycles. The minimum Gasteiger partial charge on any atom is -0.508 e. The van der Waals surface area contributed by atoms with E-state index in [1.165, 1.54) is 18.2 Å². The van der Waals surface area contributed by atoms with Gasteiger partial charge in [0.15, 0.2) is 5.82 Å². The van der Waals surface area contributed by atoms with E-state index in [0.29, 0.717) is 36.9 Å². The van der Waals surface area contributed by atoms with Crippen molar-refractivity contribution in [1.29, 1.82) is 0 Å². The van der Waals surface area contributed by atoms with Gasteiger partial charge in [0.1, 0.15) is 35.5 Å². The number of rotatable bonds is 5.